The smallest absolute Gasteiger partial charge is 0.151 e. The molecule has 8 nitrogen and oxygen atoms in total. The Kier molecular flexibility index (Phi) is 6.58. The summed E-state index contributed by atoms with van der Waals surface area (Å²) in [5, 5.41) is 11.4. The van der Waals surface area contributed by atoms with Gasteiger partial charge in [-0.15, -0.1) is 0 Å². The number of rotatable bonds is 1. The lowest BCUT2D eigenvalue weighted by atomic mass is 10.2. The van der Waals surface area contributed by atoms with Crippen LogP contribution in [0, 0.1) is 0 Å². The van der Waals surface area contributed by atoms with E-state index in [4.69, 9.17) is 16.2 Å². The number of pyridine rings is 1. The number of nitrogens with two attached hydrogens (primary N) is 2. The van der Waals surface area contributed by atoms with Crippen LogP contribution < -0.4 is 21.5 Å². The van der Waals surface area contributed by atoms with Crippen LogP contribution >= 0.6 is 9.24 Å². The standard InChI is InChI=1S/C9H12N3OP.C7H8N4.C2H6/c1-12-4-5-3-6(10)8(13-2)9(14)7(5)11-12;1-11-4-5-2-7(8)9-3-6(5)10-11;1-2/h3-4H,10,14H2,1-2H3;2-4H,8H2,1H3;1-2H3. The third kappa shape index (κ3) is 4.46. The van der Waals surface area contributed by atoms with Crippen LogP contribution in [0.5, 0.6) is 5.75 Å². The van der Waals surface area contributed by atoms with Crippen LogP contribution in [-0.4, -0.2) is 31.7 Å². The molecule has 1 aromatic carbocycles. The molecular weight excluding hydrogens is 361 g/mol. The number of benzene rings is 1. The average Bonchev–Trinajstić information content (AvgIpc) is 3.18. The van der Waals surface area contributed by atoms with Crippen LogP contribution in [0.2, 0.25) is 0 Å². The second-order valence-corrected chi connectivity index (χ2v) is 6.20. The molecule has 0 bridgehead atoms. The van der Waals surface area contributed by atoms with Crippen molar-refractivity contribution in [3.63, 3.8) is 0 Å². The highest BCUT2D eigenvalue weighted by molar-refractivity contribution is 7.28. The number of fused-ring (bicyclic) bond motifs is 2. The van der Waals surface area contributed by atoms with Gasteiger partial charge in [-0.2, -0.15) is 10.2 Å². The Bertz CT molecular complexity index is 1050. The average molecular weight is 387 g/mol. The Morgan fingerprint density at radius 1 is 1.00 bits per heavy atom. The van der Waals surface area contributed by atoms with Gasteiger partial charge in [-0.3, -0.25) is 9.36 Å². The van der Waals surface area contributed by atoms with Crippen molar-refractivity contribution in [2.75, 3.05) is 18.6 Å². The van der Waals surface area contributed by atoms with Gasteiger partial charge in [0.25, 0.3) is 0 Å². The quantitative estimate of drug-likeness (QED) is 0.383. The van der Waals surface area contributed by atoms with Crippen LogP contribution in [0.4, 0.5) is 11.5 Å². The Hall–Kier alpha value is -2.86. The Labute approximate surface area is 160 Å². The fourth-order valence-corrected chi connectivity index (χ4v) is 3.12. The molecule has 4 rings (SSSR count). The van der Waals surface area contributed by atoms with Crippen LogP contribution in [0.1, 0.15) is 13.8 Å². The van der Waals surface area contributed by atoms with Crippen molar-refractivity contribution >= 4 is 47.9 Å². The zero-order chi connectivity index (χ0) is 20.1. The summed E-state index contributed by atoms with van der Waals surface area (Å²) in [5.41, 5.74) is 13.7. The largest absolute Gasteiger partial charge is 0.494 e. The molecule has 144 valence electrons. The number of nitrogens with zero attached hydrogens (tertiary/aromatic N) is 5. The van der Waals surface area contributed by atoms with Gasteiger partial charge in [-0.1, -0.05) is 23.1 Å². The Balaban J connectivity index is 0.000000181. The summed E-state index contributed by atoms with van der Waals surface area (Å²) >= 11 is 0. The molecule has 27 heavy (non-hydrogen) atoms. The van der Waals surface area contributed by atoms with E-state index in [0.29, 0.717) is 17.3 Å². The maximum Gasteiger partial charge on any atom is 0.151 e. The summed E-state index contributed by atoms with van der Waals surface area (Å²) < 4.78 is 8.70. The number of nitrogen functional groups attached to an aromatic ring is 2. The Morgan fingerprint density at radius 3 is 2.30 bits per heavy atom. The minimum Gasteiger partial charge on any atom is -0.494 e. The Morgan fingerprint density at radius 2 is 1.63 bits per heavy atom. The van der Waals surface area contributed by atoms with E-state index in [-0.39, 0.29) is 0 Å². The number of anilines is 2. The summed E-state index contributed by atoms with van der Waals surface area (Å²) in [4.78, 5) is 3.92. The summed E-state index contributed by atoms with van der Waals surface area (Å²) in [6.07, 6.45) is 5.51. The highest BCUT2D eigenvalue weighted by atomic mass is 31.0. The van der Waals surface area contributed by atoms with Gasteiger partial charge >= 0.3 is 0 Å². The van der Waals surface area contributed by atoms with Crippen molar-refractivity contribution in [2.45, 2.75) is 13.8 Å². The van der Waals surface area contributed by atoms with Crippen LogP contribution in [0.15, 0.2) is 30.7 Å². The summed E-state index contributed by atoms with van der Waals surface area (Å²) in [6.45, 7) is 4.00. The molecule has 1 unspecified atom stereocenters. The van der Waals surface area contributed by atoms with E-state index in [9.17, 15) is 0 Å². The van der Waals surface area contributed by atoms with Gasteiger partial charge in [0.15, 0.2) is 5.75 Å². The molecule has 0 aliphatic carbocycles. The molecule has 3 aromatic heterocycles. The van der Waals surface area contributed by atoms with Crippen molar-refractivity contribution in [1.29, 1.82) is 0 Å². The van der Waals surface area contributed by atoms with E-state index >= 15 is 0 Å². The molecule has 0 radical (unpaired) electrons. The van der Waals surface area contributed by atoms with Crippen LogP contribution in [0.3, 0.4) is 0 Å². The van der Waals surface area contributed by atoms with Crippen molar-refractivity contribution in [3.8, 4) is 5.75 Å². The summed E-state index contributed by atoms with van der Waals surface area (Å²) in [5.74, 6) is 1.21. The third-order valence-corrected chi connectivity index (χ3v) is 4.20. The van der Waals surface area contributed by atoms with E-state index in [2.05, 4.69) is 24.4 Å². The summed E-state index contributed by atoms with van der Waals surface area (Å²) in [6, 6.07) is 3.68. The molecule has 0 fully saturated rings. The molecule has 4 aromatic rings. The maximum atomic E-state index is 5.83. The first-order valence-corrected chi connectivity index (χ1v) is 9.07. The SMILES string of the molecule is CC.COc1c(N)cc2cn(C)nc2c1P.Cn1cc2cc(N)ncc2n1. The molecule has 0 saturated carbocycles. The van der Waals surface area contributed by atoms with Crippen molar-refractivity contribution in [1.82, 2.24) is 24.5 Å². The fraction of sp³-hybridized carbons (Fsp3) is 0.278. The van der Waals surface area contributed by atoms with Gasteiger partial charge in [-0.25, -0.2) is 4.98 Å². The second-order valence-electron chi connectivity index (χ2n) is 5.62. The molecular formula is C18H26N7OP. The van der Waals surface area contributed by atoms with Crippen LogP contribution in [-0.2, 0) is 14.1 Å². The first-order chi connectivity index (χ1) is 12.9. The molecule has 0 saturated heterocycles. The highest BCUT2D eigenvalue weighted by Crippen LogP contribution is 2.26. The van der Waals surface area contributed by atoms with Crippen molar-refractivity contribution < 1.29 is 4.74 Å². The lowest BCUT2D eigenvalue weighted by Gasteiger charge is -2.07. The van der Waals surface area contributed by atoms with Gasteiger partial charge in [-0.05, 0) is 12.1 Å². The first kappa shape index (κ1) is 20.5. The number of hydrogen-bond acceptors (Lipinski definition) is 6. The molecule has 0 spiro atoms. The molecule has 9 heteroatoms. The van der Waals surface area contributed by atoms with E-state index in [0.717, 1.165) is 27.1 Å². The third-order valence-electron chi connectivity index (χ3n) is 3.66. The van der Waals surface area contributed by atoms with E-state index in [1.54, 1.807) is 22.7 Å². The molecule has 0 amide bonds. The number of ether oxygens (including phenoxy) is 1. The van der Waals surface area contributed by atoms with Gasteiger partial charge < -0.3 is 16.2 Å². The molecule has 0 aliphatic heterocycles. The van der Waals surface area contributed by atoms with E-state index in [1.807, 2.05) is 52.5 Å². The lowest BCUT2D eigenvalue weighted by Crippen LogP contribution is -2.04. The van der Waals surface area contributed by atoms with Gasteiger partial charge in [0.1, 0.15) is 16.9 Å². The minimum atomic E-state index is 0.533. The zero-order valence-corrected chi connectivity index (χ0v) is 17.4. The van der Waals surface area contributed by atoms with Crippen molar-refractivity contribution in [2.24, 2.45) is 14.1 Å². The number of hydrogen-bond donors (Lipinski definition) is 2. The zero-order valence-electron chi connectivity index (χ0n) is 16.3. The predicted molar refractivity (Wildman–Crippen MR) is 115 cm³/mol. The van der Waals surface area contributed by atoms with E-state index < -0.39 is 0 Å². The first-order valence-electron chi connectivity index (χ1n) is 8.49. The molecule has 0 aliphatic rings. The minimum absolute atomic E-state index is 0.533. The number of aromatic nitrogens is 5. The number of aryl methyl sites for hydroxylation is 2. The monoisotopic (exact) mass is 387 g/mol. The fourth-order valence-electron chi connectivity index (χ4n) is 2.61. The second kappa shape index (κ2) is 8.68. The topological polar surface area (TPSA) is 110 Å². The molecule has 1 atom stereocenters. The van der Waals surface area contributed by atoms with Crippen molar-refractivity contribution in [3.05, 3.63) is 30.7 Å². The maximum absolute atomic E-state index is 5.83. The lowest BCUT2D eigenvalue weighted by molar-refractivity contribution is 0.421. The predicted octanol–water partition coefficient (Wildman–Crippen LogP) is 2.24. The van der Waals surface area contributed by atoms with Crippen LogP contribution in [0.25, 0.3) is 21.8 Å². The van der Waals surface area contributed by atoms with Gasteiger partial charge in [0.2, 0.25) is 0 Å². The molecule has 4 N–H and O–H groups in total. The van der Waals surface area contributed by atoms with Gasteiger partial charge in [0.05, 0.1) is 19.0 Å². The molecule has 3 heterocycles. The van der Waals surface area contributed by atoms with E-state index in [1.165, 1.54) is 0 Å². The number of methoxy groups -OCH3 is 1. The summed E-state index contributed by atoms with van der Waals surface area (Å²) in [7, 11) is 7.97. The normalized spacial score (nSPS) is 10.1. The van der Waals surface area contributed by atoms with Gasteiger partial charge in [0, 0.05) is 42.6 Å². The highest BCUT2D eigenvalue weighted by Gasteiger charge is 2.11.